The third-order valence-electron chi connectivity index (χ3n) is 2.65. The van der Waals surface area contributed by atoms with Crippen molar-refractivity contribution in [3.8, 4) is 0 Å². The van der Waals surface area contributed by atoms with Crippen molar-refractivity contribution < 1.29 is 4.79 Å². The summed E-state index contributed by atoms with van der Waals surface area (Å²) in [5.41, 5.74) is 2.42. The van der Waals surface area contributed by atoms with E-state index in [0.29, 0.717) is 12.1 Å². The van der Waals surface area contributed by atoms with Gasteiger partial charge < -0.3 is 10.3 Å². The number of halogens is 1. The van der Waals surface area contributed by atoms with Gasteiger partial charge in [0.2, 0.25) is 5.56 Å². The summed E-state index contributed by atoms with van der Waals surface area (Å²) in [5, 5.41) is 3.60. The molecule has 0 spiro atoms. The van der Waals surface area contributed by atoms with Gasteiger partial charge in [0.1, 0.15) is 0 Å². The molecule has 0 aliphatic carbocycles. The number of aromatic amines is 1. The van der Waals surface area contributed by atoms with Crippen LogP contribution in [0.4, 0.5) is 0 Å². The maximum Gasteiger partial charge on any atom is 0.253 e. The number of amides is 1. The topological polar surface area (TPSA) is 62.0 Å². The van der Waals surface area contributed by atoms with Crippen molar-refractivity contribution in [1.82, 2.24) is 10.3 Å². The Morgan fingerprint density at radius 1 is 1.21 bits per heavy atom. The average Bonchev–Trinajstić information content (AvgIpc) is 2.46. The number of H-pyrrole nitrogens is 1. The lowest BCUT2D eigenvalue weighted by Gasteiger charge is -2.06. The maximum atomic E-state index is 11.8. The van der Waals surface area contributed by atoms with E-state index in [1.807, 2.05) is 24.3 Å². The Labute approximate surface area is 119 Å². The molecule has 0 aliphatic rings. The lowest BCUT2D eigenvalue weighted by Crippen LogP contribution is -2.23. The van der Waals surface area contributed by atoms with E-state index in [4.69, 9.17) is 0 Å². The van der Waals surface area contributed by atoms with Gasteiger partial charge in [-0.1, -0.05) is 40.2 Å². The van der Waals surface area contributed by atoms with Gasteiger partial charge in [0.25, 0.3) is 5.91 Å². The van der Waals surface area contributed by atoms with Crippen LogP contribution in [0.15, 0.2) is 47.4 Å². The van der Waals surface area contributed by atoms with E-state index < -0.39 is 0 Å². The average molecular weight is 321 g/mol. The number of benzene rings is 1. The van der Waals surface area contributed by atoms with Crippen LogP contribution in [-0.2, 0) is 11.9 Å². The van der Waals surface area contributed by atoms with Crippen LogP contribution in [0.5, 0.6) is 0 Å². The van der Waals surface area contributed by atoms with Crippen LogP contribution in [0.2, 0.25) is 0 Å². The summed E-state index contributed by atoms with van der Waals surface area (Å²) in [6, 6.07) is 10.8. The predicted octanol–water partition coefficient (Wildman–Crippen LogP) is 2.20. The molecule has 4 nitrogen and oxygen atoms in total. The van der Waals surface area contributed by atoms with Crippen molar-refractivity contribution in [1.29, 1.82) is 0 Å². The van der Waals surface area contributed by atoms with Gasteiger partial charge in [-0.25, -0.2) is 0 Å². The van der Waals surface area contributed by atoms with E-state index in [0.717, 1.165) is 16.5 Å². The number of carbonyl (C=O) groups excluding carboxylic acids is 1. The molecule has 2 N–H and O–H groups in total. The number of rotatable bonds is 4. The Morgan fingerprint density at radius 3 is 2.68 bits per heavy atom. The lowest BCUT2D eigenvalue weighted by atomic mass is 10.1. The summed E-state index contributed by atoms with van der Waals surface area (Å²) in [6.45, 7) is 0.457. The van der Waals surface area contributed by atoms with Crippen molar-refractivity contribution in [2.75, 3.05) is 0 Å². The Kier molecular flexibility index (Phi) is 4.52. The molecule has 98 valence electrons. The normalized spacial score (nSPS) is 10.2. The largest absolute Gasteiger partial charge is 0.348 e. The SMILES string of the molecule is O=C(NCc1cccc(CBr)c1)c1ccc(=O)[nH]c1. The Balaban J connectivity index is 2.00. The zero-order valence-corrected chi connectivity index (χ0v) is 11.7. The first-order chi connectivity index (χ1) is 9.19. The molecule has 0 saturated carbocycles. The molecule has 0 fully saturated rings. The van der Waals surface area contributed by atoms with E-state index in [-0.39, 0.29) is 11.5 Å². The van der Waals surface area contributed by atoms with Crippen LogP contribution in [0.25, 0.3) is 0 Å². The monoisotopic (exact) mass is 320 g/mol. The van der Waals surface area contributed by atoms with Gasteiger partial charge in [-0.15, -0.1) is 0 Å². The van der Waals surface area contributed by atoms with Crippen LogP contribution in [-0.4, -0.2) is 10.9 Å². The molecule has 0 radical (unpaired) electrons. The third kappa shape index (κ3) is 3.79. The molecule has 1 aromatic carbocycles. The fourth-order valence-electron chi connectivity index (χ4n) is 1.66. The molecular formula is C14H13BrN2O2. The number of hydrogen-bond donors (Lipinski definition) is 2. The molecule has 2 aromatic rings. The van der Waals surface area contributed by atoms with E-state index >= 15 is 0 Å². The second-order valence-corrected chi connectivity index (χ2v) is 4.64. The van der Waals surface area contributed by atoms with Gasteiger partial charge in [-0.05, 0) is 17.2 Å². The van der Waals surface area contributed by atoms with Gasteiger partial charge in [0, 0.05) is 24.1 Å². The molecular weight excluding hydrogens is 308 g/mol. The summed E-state index contributed by atoms with van der Waals surface area (Å²) < 4.78 is 0. The first-order valence-electron chi connectivity index (χ1n) is 5.80. The van der Waals surface area contributed by atoms with Gasteiger partial charge in [-0.3, -0.25) is 9.59 Å². The molecule has 1 amide bonds. The number of hydrogen-bond acceptors (Lipinski definition) is 2. The minimum atomic E-state index is -0.221. The molecule has 0 atom stereocenters. The highest BCUT2D eigenvalue weighted by molar-refractivity contribution is 9.08. The second kappa shape index (κ2) is 6.33. The van der Waals surface area contributed by atoms with E-state index in [9.17, 15) is 9.59 Å². The Bertz CT molecular complexity index is 617. The molecule has 0 aliphatic heterocycles. The van der Waals surface area contributed by atoms with Crippen molar-refractivity contribution in [3.63, 3.8) is 0 Å². The maximum absolute atomic E-state index is 11.8. The van der Waals surface area contributed by atoms with Gasteiger partial charge >= 0.3 is 0 Å². The molecule has 0 bridgehead atoms. The van der Waals surface area contributed by atoms with Crippen molar-refractivity contribution >= 4 is 21.8 Å². The molecule has 0 saturated heterocycles. The van der Waals surface area contributed by atoms with Crippen LogP contribution in [0.1, 0.15) is 21.5 Å². The van der Waals surface area contributed by atoms with Gasteiger partial charge in [0.15, 0.2) is 0 Å². The summed E-state index contributed by atoms with van der Waals surface area (Å²) in [6.07, 6.45) is 1.41. The first-order valence-corrected chi connectivity index (χ1v) is 6.92. The van der Waals surface area contributed by atoms with Crippen molar-refractivity contribution in [3.05, 3.63) is 69.6 Å². The Hall–Kier alpha value is -1.88. The molecule has 5 heteroatoms. The van der Waals surface area contributed by atoms with E-state index in [2.05, 4.69) is 26.2 Å². The second-order valence-electron chi connectivity index (χ2n) is 4.08. The quantitative estimate of drug-likeness (QED) is 0.848. The van der Waals surface area contributed by atoms with Crippen molar-refractivity contribution in [2.45, 2.75) is 11.9 Å². The standard InChI is InChI=1S/C14H13BrN2O2/c15-7-10-2-1-3-11(6-10)8-17-14(19)12-4-5-13(18)16-9-12/h1-6,9H,7-8H2,(H,16,18)(H,17,19). The zero-order valence-electron chi connectivity index (χ0n) is 10.2. The number of alkyl halides is 1. The fraction of sp³-hybridized carbons (Fsp3) is 0.143. The summed E-state index contributed by atoms with van der Waals surface area (Å²) >= 11 is 3.39. The lowest BCUT2D eigenvalue weighted by molar-refractivity contribution is 0.0950. The highest BCUT2D eigenvalue weighted by Gasteiger charge is 2.05. The fourth-order valence-corrected chi connectivity index (χ4v) is 2.01. The number of aromatic nitrogens is 1. The van der Waals surface area contributed by atoms with E-state index in [1.54, 1.807) is 0 Å². The zero-order chi connectivity index (χ0) is 13.7. The van der Waals surface area contributed by atoms with Crippen LogP contribution in [0.3, 0.4) is 0 Å². The highest BCUT2D eigenvalue weighted by atomic mass is 79.9. The molecule has 1 heterocycles. The Morgan fingerprint density at radius 2 is 2.00 bits per heavy atom. The van der Waals surface area contributed by atoms with Gasteiger partial charge in [-0.2, -0.15) is 0 Å². The smallest absolute Gasteiger partial charge is 0.253 e. The van der Waals surface area contributed by atoms with Crippen molar-refractivity contribution in [2.24, 2.45) is 0 Å². The first kappa shape index (κ1) is 13.5. The van der Waals surface area contributed by atoms with Crippen LogP contribution in [0, 0.1) is 0 Å². The summed E-state index contributed by atoms with van der Waals surface area (Å²) in [4.78, 5) is 25.2. The highest BCUT2D eigenvalue weighted by Crippen LogP contribution is 2.08. The minimum absolute atomic E-state index is 0.208. The molecule has 2 rings (SSSR count). The van der Waals surface area contributed by atoms with Crippen LogP contribution >= 0.6 is 15.9 Å². The molecule has 19 heavy (non-hydrogen) atoms. The number of pyridine rings is 1. The molecule has 0 unspecified atom stereocenters. The number of carbonyl (C=O) groups is 1. The predicted molar refractivity (Wildman–Crippen MR) is 77.3 cm³/mol. The van der Waals surface area contributed by atoms with E-state index in [1.165, 1.54) is 18.3 Å². The minimum Gasteiger partial charge on any atom is -0.348 e. The third-order valence-corrected chi connectivity index (χ3v) is 3.29. The number of nitrogens with one attached hydrogen (secondary N) is 2. The van der Waals surface area contributed by atoms with Crippen LogP contribution < -0.4 is 10.9 Å². The summed E-state index contributed by atoms with van der Waals surface area (Å²) in [7, 11) is 0. The van der Waals surface area contributed by atoms with Gasteiger partial charge in [0.05, 0.1) is 5.56 Å². The molecule has 1 aromatic heterocycles. The summed E-state index contributed by atoms with van der Waals surface area (Å²) in [5.74, 6) is -0.208.